The van der Waals surface area contributed by atoms with Crippen molar-refractivity contribution in [3.63, 3.8) is 0 Å². The number of aliphatic hydroxyl groups is 1. The first-order valence-corrected chi connectivity index (χ1v) is 3.63. The monoisotopic (exact) mass is 129 g/mol. The predicted octanol–water partition coefficient (Wildman–Crippen LogP) is 0.365. The average molecular weight is 129 g/mol. The zero-order valence-corrected chi connectivity index (χ0v) is 6.09. The van der Waals surface area contributed by atoms with Crippen molar-refractivity contribution in [2.24, 2.45) is 5.92 Å². The van der Waals surface area contributed by atoms with Crippen LogP contribution in [0.1, 0.15) is 20.3 Å². The molecule has 54 valence electrons. The van der Waals surface area contributed by atoms with Crippen LogP contribution in [0, 0.1) is 5.92 Å². The summed E-state index contributed by atoms with van der Waals surface area (Å²) < 4.78 is 0. The summed E-state index contributed by atoms with van der Waals surface area (Å²) in [7, 11) is 0. The van der Waals surface area contributed by atoms with Crippen molar-refractivity contribution in [2.45, 2.75) is 32.4 Å². The lowest BCUT2D eigenvalue weighted by Gasteiger charge is -2.31. The lowest BCUT2D eigenvalue weighted by atomic mass is 9.91. The van der Waals surface area contributed by atoms with Crippen LogP contribution >= 0.6 is 0 Å². The fourth-order valence-corrected chi connectivity index (χ4v) is 1.24. The summed E-state index contributed by atoms with van der Waals surface area (Å²) in [4.78, 5) is 0. The molecule has 2 heteroatoms. The summed E-state index contributed by atoms with van der Waals surface area (Å²) in [5, 5.41) is 12.6. The maximum absolute atomic E-state index is 9.31. The molecule has 2 nitrogen and oxygen atoms in total. The second-order valence-electron chi connectivity index (χ2n) is 2.96. The number of hydrogen-bond acceptors (Lipinski definition) is 2. The van der Waals surface area contributed by atoms with E-state index in [1.807, 2.05) is 0 Å². The molecule has 0 radical (unpaired) electrons. The summed E-state index contributed by atoms with van der Waals surface area (Å²) in [6.45, 7) is 5.17. The molecule has 2 N–H and O–H groups in total. The van der Waals surface area contributed by atoms with Crippen LogP contribution in [0.15, 0.2) is 0 Å². The van der Waals surface area contributed by atoms with Crippen molar-refractivity contribution in [3.8, 4) is 0 Å². The van der Waals surface area contributed by atoms with Gasteiger partial charge in [-0.1, -0.05) is 6.92 Å². The SMILES string of the molecule is C[C@H]1[C@H](O)CCN[C@@H]1C. The molecule has 0 aromatic carbocycles. The highest BCUT2D eigenvalue weighted by Crippen LogP contribution is 2.15. The smallest absolute Gasteiger partial charge is 0.0592 e. The Morgan fingerprint density at radius 1 is 1.44 bits per heavy atom. The summed E-state index contributed by atoms with van der Waals surface area (Å²) in [6, 6.07) is 0.480. The third kappa shape index (κ3) is 1.43. The highest BCUT2D eigenvalue weighted by atomic mass is 16.3. The van der Waals surface area contributed by atoms with Crippen molar-refractivity contribution in [2.75, 3.05) is 6.54 Å². The van der Waals surface area contributed by atoms with E-state index in [4.69, 9.17) is 0 Å². The van der Waals surface area contributed by atoms with Gasteiger partial charge in [0.25, 0.3) is 0 Å². The number of rotatable bonds is 0. The van der Waals surface area contributed by atoms with Crippen LogP contribution in [-0.4, -0.2) is 23.8 Å². The number of nitrogens with one attached hydrogen (secondary N) is 1. The number of aliphatic hydroxyl groups excluding tert-OH is 1. The standard InChI is InChI=1S/C7H15NO/c1-5-6(2)8-4-3-7(5)9/h5-9H,3-4H2,1-2H3/t5-,6-,7-/m1/s1. The van der Waals surface area contributed by atoms with E-state index in [0.717, 1.165) is 13.0 Å². The molecule has 0 aliphatic carbocycles. The fourth-order valence-electron chi connectivity index (χ4n) is 1.24. The van der Waals surface area contributed by atoms with Gasteiger partial charge in [0.05, 0.1) is 6.10 Å². The van der Waals surface area contributed by atoms with Crippen LogP contribution in [0.3, 0.4) is 0 Å². The molecule has 1 aliphatic heterocycles. The molecule has 0 saturated carbocycles. The Bertz CT molecular complexity index is 84.9. The molecule has 1 rings (SSSR count). The van der Waals surface area contributed by atoms with Crippen molar-refractivity contribution < 1.29 is 5.11 Å². The predicted molar refractivity (Wildman–Crippen MR) is 37.3 cm³/mol. The minimum Gasteiger partial charge on any atom is -0.393 e. The third-order valence-electron chi connectivity index (χ3n) is 2.30. The lowest BCUT2D eigenvalue weighted by molar-refractivity contribution is 0.0661. The van der Waals surface area contributed by atoms with E-state index in [1.54, 1.807) is 0 Å². The van der Waals surface area contributed by atoms with Crippen LogP contribution < -0.4 is 5.32 Å². The molecule has 1 heterocycles. The van der Waals surface area contributed by atoms with Gasteiger partial charge in [0.15, 0.2) is 0 Å². The van der Waals surface area contributed by atoms with E-state index in [1.165, 1.54) is 0 Å². The fraction of sp³-hybridized carbons (Fsp3) is 1.00. The molecule has 9 heavy (non-hydrogen) atoms. The molecule has 0 unspecified atom stereocenters. The van der Waals surface area contributed by atoms with Crippen molar-refractivity contribution in [3.05, 3.63) is 0 Å². The first-order chi connectivity index (χ1) is 4.22. The van der Waals surface area contributed by atoms with Crippen molar-refractivity contribution >= 4 is 0 Å². The van der Waals surface area contributed by atoms with E-state index in [2.05, 4.69) is 19.2 Å². The Morgan fingerprint density at radius 3 is 2.56 bits per heavy atom. The molecule has 0 aromatic heterocycles. The first-order valence-electron chi connectivity index (χ1n) is 3.63. The van der Waals surface area contributed by atoms with Gasteiger partial charge < -0.3 is 10.4 Å². The molecule has 3 atom stereocenters. The largest absolute Gasteiger partial charge is 0.393 e. The molecule has 0 amide bonds. The van der Waals surface area contributed by atoms with E-state index in [-0.39, 0.29) is 6.10 Å². The summed E-state index contributed by atoms with van der Waals surface area (Å²) in [5.74, 6) is 0.416. The van der Waals surface area contributed by atoms with Gasteiger partial charge in [-0.15, -0.1) is 0 Å². The van der Waals surface area contributed by atoms with Crippen LogP contribution in [0.2, 0.25) is 0 Å². The lowest BCUT2D eigenvalue weighted by Crippen LogP contribution is -2.45. The molecule has 0 bridgehead atoms. The van der Waals surface area contributed by atoms with Crippen LogP contribution in [0.4, 0.5) is 0 Å². The van der Waals surface area contributed by atoms with Gasteiger partial charge in [0.1, 0.15) is 0 Å². The second kappa shape index (κ2) is 2.67. The quantitative estimate of drug-likeness (QED) is 0.495. The molecular formula is C7H15NO. The van der Waals surface area contributed by atoms with Crippen LogP contribution in [0.5, 0.6) is 0 Å². The number of piperidine rings is 1. The third-order valence-corrected chi connectivity index (χ3v) is 2.30. The summed E-state index contributed by atoms with van der Waals surface area (Å²) >= 11 is 0. The van der Waals surface area contributed by atoms with Crippen LogP contribution in [0.25, 0.3) is 0 Å². The van der Waals surface area contributed by atoms with E-state index < -0.39 is 0 Å². The molecule has 1 saturated heterocycles. The van der Waals surface area contributed by atoms with Crippen LogP contribution in [-0.2, 0) is 0 Å². The maximum atomic E-state index is 9.31. The van der Waals surface area contributed by atoms with Gasteiger partial charge in [-0.25, -0.2) is 0 Å². The van der Waals surface area contributed by atoms with E-state index in [9.17, 15) is 5.11 Å². The Kier molecular flexibility index (Phi) is 2.09. The zero-order chi connectivity index (χ0) is 6.85. The molecule has 0 spiro atoms. The zero-order valence-electron chi connectivity index (χ0n) is 6.09. The van der Waals surface area contributed by atoms with Gasteiger partial charge in [0, 0.05) is 6.04 Å². The van der Waals surface area contributed by atoms with Gasteiger partial charge in [-0.3, -0.25) is 0 Å². The molecule has 0 aromatic rings. The minimum atomic E-state index is -0.0822. The average Bonchev–Trinajstić information content (AvgIpc) is 1.83. The maximum Gasteiger partial charge on any atom is 0.0592 e. The Balaban J connectivity index is 2.41. The van der Waals surface area contributed by atoms with Crippen molar-refractivity contribution in [1.82, 2.24) is 5.32 Å². The van der Waals surface area contributed by atoms with Gasteiger partial charge in [-0.05, 0) is 25.8 Å². The summed E-state index contributed by atoms with van der Waals surface area (Å²) in [6.07, 6.45) is 0.826. The molecular weight excluding hydrogens is 114 g/mol. The van der Waals surface area contributed by atoms with E-state index >= 15 is 0 Å². The normalized spacial score (nSPS) is 45.0. The highest BCUT2D eigenvalue weighted by molar-refractivity contribution is 4.80. The summed E-state index contributed by atoms with van der Waals surface area (Å²) in [5.41, 5.74) is 0. The molecule has 1 aliphatic rings. The topological polar surface area (TPSA) is 32.3 Å². The Hall–Kier alpha value is -0.0800. The van der Waals surface area contributed by atoms with Gasteiger partial charge in [-0.2, -0.15) is 0 Å². The van der Waals surface area contributed by atoms with Gasteiger partial charge in [0.2, 0.25) is 0 Å². The Morgan fingerprint density at radius 2 is 2.11 bits per heavy atom. The first kappa shape index (κ1) is 7.03. The van der Waals surface area contributed by atoms with E-state index in [0.29, 0.717) is 12.0 Å². The minimum absolute atomic E-state index is 0.0822. The van der Waals surface area contributed by atoms with Gasteiger partial charge >= 0.3 is 0 Å². The highest BCUT2D eigenvalue weighted by Gasteiger charge is 2.23. The Labute approximate surface area is 56.3 Å². The second-order valence-corrected chi connectivity index (χ2v) is 2.96. The number of hydrogen-bond donors (Lipinski definition) is 2. The molecule has 1 fully saturated rings. The van der Waals surface area contributed by atoms with Crippen molar-refractivity contribution in [1.29, 1.82) is 0 Å².